The Morgan fingerprint density at radius 1 is 0.792 bits per heavy atom. The molecule has 0 amide bonds. The summed E-state index contributed by atoms with van der Waals surface area (Å²) in [5.74, 6) is -0.0982. The van der Waals surface area contributed by atoms with Crippen molar-refractivity contribution in [1.82, 2.24) is 0 Å². The monoisotopic (exact) mass is 330 g/mol. The maximum Gasteiger partial charge on any atom is 0.170 e. The highest BCUT2D eigenvalue weighted by Gasteiger charge is 2.12. The van der Waals surface area contributed by atoms with Gasteiger partial charge in [-0.25, -0.2) is 0 Å². The van der Waals surface area contributed by atoms with Gasteiger partial charge in [-0.05, 0) is 25.3 Å². The number of carbonyl (C=O) groups excluding carboxylic acids is 2. The van der Waals surface area contributed by atoms with E-state index in [0.29, 0.717) is 0 Å². The molecule has 0 bridgehead atoms. The SMILES string of the molecule is CCCCCCCCCCCCc1ccccc1C(=O)CC(C)=O. The van der Waals surface area contributed by atoms with Crippen LogP contribution in [0.2, 0.25) is 0 Å². The minimum absolute atomic E-state index is 0.0229. The Morgan fingerprint density at radius 3 is 1.92 bits per heavy atom. The summed E-state index contributed by atoms with van der Waals surface area (Å²) in [6.45, 7) is 3.73. The molecule has 0 fully saturated rings. The summed E-state index contributed by atoms with van der Waals surface area (Å²) in [7, 11) is 0. The van der Waals surface area contributed by atoms with E-state index in [9.17, 15) is 9.59 Å². The van der Waals surface area contributed by atoms with Crippen molar-refractivity contribution in [3.8, 4) is 0 Å². The van der Waals surface area contributed by atoms with E-state index in [2.05, 4.69) is 6.92 Å². The van der Waals surface area contributed by atoms with Crippen LogP contribution >= 0.6 is 0 Å². The fraction of sp³-hybridized carbons (Fsp3) is 0.636. The molecule has 0 aliphatic heterocycles. The molecule has 0 unspecified atom stereocenters. The third kappa shape index (κ3) is 9.00. The number of hydrogen-bond acceptors (Lipinski definition) is 2. The molecule has 0 aliphatic carbocycles. The van der Waals surface area contributed by atoms with Crippen LogP contribution in [0.15, 0.2) is 24.3 Å². The predicted octanol–water partition coefficient (Wildman–Crippen LogP) is 6.31. The molecule has 0 aliphatic rings. The summed E-state index contributed by atoms with van der Waals surface area (Å²) in [5.41, 5.74) is 1.84. The lowest BCUT2D eigenvalue weighted by atomic mass is 9.96. The predicted molar refractivity (Wildman–Crippen MR) is 102 cm³/mol. The summed E-state index contributed by atoms with van der Waals surface area (Å²) in [4.78, 5) is 23.3. The number of rotatable bonds is 14. The number of Topliss-reactive ketones (excluding diaryl/α,β-unsaturated/α-hetero) is 2. The van der Waals surface area contributed by atoms with Crippen LogP contribution in [0.4, 0.5) is 0 Å². The molecule has 0 saturated carbocycles. The van der Waals surface area contributed by atoms with Gasteiger partial charge in [0.2, 0.25) is 0 Å². The summed E-state index contributed by atoms with van der Waals surface area (Å²) >= 11 is 0. The van der Waals surface area contributed by atoms with Gasteiger partial charge in [0.1, 0.15) is 5.78 Å². The van der Waals surface area contributed by atoms with E-state index < -0.39 is 0 Å². The third-order valence-corrected chi connectivity index (χ3v) is 4.53. The second-order valence-electron chi connectivity index (χ2n) is 6.89. The Kier molecular flexibility index (Phi) is 11.1. The van der Waals surface area contributed by atoms with E-state index in [1.165, 1.54) is 64.7 Å². The Morgan fingerprint density at radius 2 is 1.33 bits per heavy atom. The highest BCUT2D eigenvalue weighted by Crippen LogP contribution is 2.16. The third-order valence-electron chi connectivity index (χ3n) is 4.53. The van der Waals surface area contributed by atoms with Crippen molar-refractivity contribution in [3.05, 3.63) is 35.4 Å². The zero-order valence-electron chi connectivity index (χ0n) is 15.6. The van der Waals surface area contributed by atoms with E-state index >= 15 is 0 Å². The lowest BCUT2D eigenvalue weighted by Gasteiger charge is -2.08. The largest absolute Gasteiger partial charge is 0.300 e. The highest BCUT2D eigenvalue weighted by molar-refractivity contribution is 6.08. The van der Waals surface area contributed by atoms with Crippen molar-refractivity contribution in [2.24, 2.45) is 0 Å². The molecule has 0 atom stereocenters. The maximum atomic E-state index is 12.1. The van der Waals surface area contributed by atoms with Crippen LogP contribution in [0, 0.1) is 0 Å². The van der Waals surface area contributed by atoms with Crippen LogP contribution in [0.5, 0.6) is 0 Å². The van der Waals surface area contributed by atoms with E-state index in [0.717, 1.165) is 24.0 Å². The van der Waals surface area contributed by atoms with Crippen LogP contribution in [-0.2, 0) is 11.2 Å². The van der Waals surface area contributed by atoms with Crippen molar-refractivity contribution in [2.75, 3.05) is 0 Å². The van der Waals surface area contributed by atoms with Gasteiger partial charge in [0.05, 0.1) is 6.42 Å². The molecule has 2 nitrogen and oxygen atoms in total. The molecule has 0 radical (unpaired) electrons. The first-order chi connectivity index (χ1) is 11.6. The first-order valence-electron chi connectivity index (χ1n) is 9.75. The number of benzene rings is 1. The van der Waals surface area contributed by atoms with Gasteiger partial charge in [0, 0.05) is 5.56 Å². The van der Waals surface area contributed by atoms with Gasteiger partial charge >= 0.3 is 0 Å². The highest BCUT2D eigenvalue weighted by atomic mass is 16.1. The van der Waals surface area contributed by atoms with Gasteiger partial charge in [-0.2, -0.15) is 0 Å². The van der Waals surface area contributed by atoms with Gasteiger partial charge in [-0.15, -0.1) is 0 Å². The zero-order chi connectivity index (χ0) is 17.6. The first-order valence-corrected chi connectivity index (χ1v) is 9.75. The minimum atomic E-state index is -0.0614. The fourth-order valence-corrected chi connectivity index (χ4v) is 3.13. The molecule has 0 saturated heterocycles. The van der Waals surface area contributed by atoms with Crippen molar-refractivity contribution in [3.63, 3.8) is 0 Å². The fourth-order valence-electron chi connectivity index (χ4n) is 3.13. The number of unbranched alkanes of at least 4 members (excludes halogenated alkanes) is 9. The number of carbonyl (C=O) groups is 2. The summed E-state index contributed by atoms with van der Waals surface area (Å²) in [5, 5.41) is 0. The standard InChI is InChI=1S/C22H34O2/c1-3-4-5-6-7-8-9-10-11-12-15-20-16-13-14-17-21(20)22(24)18-19(2)23/h13-14,16-17H,3-12,15,18H2,1-2H3. The Hall–Kier alpha value is -1.44. The molecule has 1 rings (SSSR count). The van der Waals surface area contributed by atoms with E-state index in [1.807, 2.05) is 24.3 Å². The smallest absolute Gasteiger partial charge is 0.170 e. The number of ketones is 2. The molecule has 0 aromatic heterocycles. The van der Waals surface area contributed by atoms with Crippen LogP contribution < -0.4 is 0 Å². The van der Waals surface area contributed by atoms with Gasteiger partial charge in [-0.1, -0.05) is 89.0 Å². The quantitative estimate of drug-likeness (QED) is 0.227. The minimum Gasteiger partial charge on any atom is -0.300 e. The molecule has 134 valence electrons. The average molecular weight is 331 g/mol. The van der Waals surface area contributed by atoms with Crippen LogP contribution in [0.25, 0.3) is 0 Å². The van der Waals surface area contributed by atoms with E-state index in [4.69, 9.17) is 0 Å². The van der Waals surface area contributed by atoms with Gasteiger partial charge in [0.15, 0.2) is 5.78 Å². The molecular formula is C22H34O2. The molecule has 24 heavy (non-hydrogen) atoms. The normalized spacial score (nSPS) is 10.8. The topological polar surface area (TPSA) is 34.1 Å². The van der Waals surface area contributed by atoms with Crippen molar-refractivity contribution in [2.45, 2.75) is 90.9 Å². The average Bonchev–Trinajstić information content (AvgIpc) is 2.56. The Bertz CT molecular complexity index is 490. The van der Waals surface area contributed by atoms with Gasteiger partial charge in [0.25, 0.3) is 0 Å². The molecule has 0 N–H and O–H groups in total. The molecule has 1 aromatic rings. The van der Waals surface area contributed by atoms with Crippen LogP contribution in [0.3, 0.4) is 0 Å². The van der Waals surface area contributed by atoms with Crippen LogP contribution in [-0.4, -0.2) is 11.6 Å². The summed E-state index contributed by atoms with van der Waals surface area (Å²) in [6, 6.07) is 7.75. The first kappa shape index (κ1) is 20.6. The van der Waals surface area contributed by atoms with Crippen LogP contribution in [0.1, 0.15) is 100 Å². The second kappa shape index (κ2) is 12.9. The van der Waals surface area contributed by atoms with Crippen molar-refractivity contribution in [1.29, 1.82) is 0 Å². The summed E-state index contributed by atoms with van der Waals surface area (Å²) in [6.07, 6.45) is 14.1. The second-order valence-corrected chi connectivity index (χ2v) is 6.89. The lowest BCUT2D eigenvalue weighted by molar-refractivity contribution is -0.116. The molecule has 1 aromatic carbocycles. The lowest BCUT2D eigenvalue weighted by Crippen LogP contribution is -2.08. The molecule has 2 heteroatoms. The number of hydrogen-bond donors (Lipinski definition) is 0. The number of aryl methyl sites for hydroxylation is 1. The molecule has 0 spiro atoms. The molecule has 0 heterocycles. The maximum absolute atomic E-state index is 12.1. The molecular weight excluding hydrogens is 296 g/mol. The zero-order valence-corrected chi connectivity index (χ0v) is 15.6. The van der Waals surface area contributed by atoms with Crippen molar-refractivity contribution >= 4 is 11.6 Å². The van der Waals surface area contributed by atoms with Gasteiger partial charge < -0.3 is 0 Å². The van der Waals surface area contributed by atoms with Crippen molar-refractivity contribution < 1.29 is 9.59 Å². The van der Waals surface area contributed by atoms with E-state index in [1.54, 1.807) is 0 Å². The summed E-state index contributed by atoms with van der Waals surface area (Å²) < 4.78 is 0. The Labute approximate surface area is 148 Å². The Balaban J connectivity index is 2.21. The van der Waals surface area contributed by atoms with E-state index in [-0.39, 0.29) is 18.0 Å². The van der Waals surface area contributed by atoms with Gasteiger partial charge in [-0.3, -0.25) is 9.59 Å².